The van der Waals surface area contributed by atoms with Crippen LogP contribution >= 0.6 is 0 Å². The highest BCUT2D eigenvalue weighted by Crippen LogP contribution is 2.12. The van der Waals surface area contributed by atoms with Crippen LogP contribution in [0.25, 0.3) is 0 Å². The monoisotopic (exact) mass is 266 g/mol. The van der Waals surface area contributed by atoms with E-state index < -0.39 is 0 Å². The molecule has 0 aliphatic rings. The summed E-state index contributed by atoms with van der Waals surface area (Å²) in [6, 6.07) is 7.06. The Labute approximate surface area is 114 Å². The summed E-state index contributed by atoms with van der Waals surface area (Å²) >= 11 is 0. The third-order valence-corrected chi connectivity index (χ3v) is 2.45. The Morgan fingerprint density at radius 2 is 1.95 bits per heavy atom. The number of hydrogen-bond donors (Lipinski definition) is 0. The Balaban J connectivity index is 2.23. The largest absolute Gasteiger partial charge is 0.497 e. The van der Waals surface area contributed by atoms with E-state index in [-0.39, 0.29) is 12.4 Å². The second kappa shape index (κ2) is 8.67. The molecule has 0 saturated carbocycles. The summed E-state index contributed by atoms with van der Waals surface area (Å²) in [5, 5.41) is 0. The van der Waals surface area contributed by atoms with Gasteiger partial charge in [-0.05, 0) is 18.1 Å². The van der Waals surface area contributed by atoms with Gasteiger partial charge in [0.05, 0.1) is 20.3 Å². The number of carbonyl (C=O) groups is 1. The lowest BCUT2D eigenvalue weighted by molar-refractivity contribution is 0.0364. The first-order chi connectivity index (χ1) is 9.13. The molecule has 0 aliphatic carbocycles. The molecule has 0 fully saturated rings. The summed E-state index contributed by atoms with van der Waals surface area (Å²) in [4.78, 5) is 11.8. The predicted molar refractivity (Wildman–Crippen MR) is 73.8 cm³/mol. The number of ether oxygens (including phenoxy) is 3. The third kappa shape index (κ3) is 6.36. The van der Waals surface area contributed by atoms with E-state index in [0.717, 1.165) is 0 Å². The van der Waals surface area contributed by atoms with E-state index in [4.69, 9.17) is 14.2 Å². The number of carbonyl (C=O) groups excluding carboxylic acids is 1. The molecular weight excluding hydrogens is 244 g/mol. The van der Waals surface area contributed by atoms with Gasteiger partial charge in [0.15, 0.2) is 5.78 Å². The van der Waals surface area contributed by atoms with Gasteiger partial charge in [-0.25, -0.2) is 0 Å². The van der Waals surface area contributed by atoms with Crippen molar-refractivity contribution in [2.45, 2.75) is 13.8 Å². The highest BCUT2D eigenvalue weighted by atomic mass is 16.5. The van der Waals surface area contributed by atoms with E-state index in [9.17, 15) is 4.79 Å². The zero-order valence-electron chi connectivity index (χ0n) is 11.8. The predicted octanol–water partition coefficient (Wildman–Crippen LogP) is 2.57. The number of hydrogen-bond acceptors (Lipinski definition) is 4. The van der Waals surface area contributed by atoms with Crippen molar-refractivity contribution in [3.63, 3.8) is 0 Å². The quantitative estimate of drug-likeness (QED) is 0.509. The van der Waals surface area contributed by atoms with Gasteiger partial charge < -0.3 is 14.2 Å². The minimum Gasteiger partial charge on any atom is -0.497 e. The van der Waals surface area contributed by atoms with Gasteiger partial charge in [0.2, 0.25) is 0 Å². The van der Waals surface area contributed by atoms with Crippen molar-refractivity contribution in [1.29, 1.82) is 0 Å². The minimum absolute atomic E-state index is 0.0530. The van der Waals surface area contributed by atoms with E-state index in [2.05, 4.69) is 13.8 Å². The average Bonchev–Trinajstić information content (AvgIpc) is 2.42. The second-order valence-electron chi connectivity index (χ2n) is 4.68. The molecule has 19 heavy (non-hydrogen) atoms. The molecule has 0 atom stereocenters. The first kappa shape index (κ1) is 15.7. The third-order valence-electron chi connectivity index (χ3n) is 2.45. The smallest absolute Gasteiger partial charge is 0.188 e. The van der Waals surface area contributed by atoms with Gasteiger partial charge >= 0.3 is 0 Å². The van der Waals surface area contributed by atoms with Crippen LogP contribution in [-0.2, 0) is 9.47 Å². The molecule has 0 N–H and O–H groups in total. The maximum absolute atomic E-state index is 11.8. The fraction of sp³-hybridized carbons (Fsp3) is 0.533. The first-order valence-corrected chi connectivity index (χ1v) is 6.46. The lowest BCUT2D eigenvalue weighted by Crippen LogP contribution is -2.14. The van der Waals surface area contributed by atoms with E-state index in [0.29, 0.717) is 37.1 Å². The molecule has 1 aromatic rings. The van der Waals surface area contributed by atoms with Crippen LogP contribution in [0, 0.1) is 5.92 Å². The lowest BCUT2D eigenvalue weighted by Gasteiger charge is -2.07. The van der Waals surface area contributed by atoms with Crippen molar-refractivity contribution in [3.8, 4) is 5.75 Å². The number of rotatable bonds is 9. The SMILES string of the molecule is COc1cccc(C(=O)COCCOCC(C)C)c1. The van der Waals surface area contributed by atoms with E-state index in [1.54, 1.807) is 31.4 Å². The fourth-order valence-electron chi connectivity index (χ4n) is 1.48. The van der Waals surface area contributed by atoms with Gasteiger partial charge in [0.1, 0.15) is 12.4 Å². The number of methoxy groups -OCH3 is 1. The van der Waals surface area contributed by atoms with E-state index in [1.165, 1.54) is 0 Å². The fourth-order valence-corrected chi connectivity index (χ4v) is 1.48. The number of ketones is 1. The average molecular weight is 266 g/mol. The molecule has 4 heteroatoms. The summed E-state index contributed by atoms with van der Waals surface area (Å²) in [7, 11) is 1.58. The molecular formula is C15H22O4. The summed E-state index contributed by atoms with van der Waals surface area (Å²) in [5.74, 6) is 1.13. The van der Waals surface area contributed by atoms with Gasteiger partial charge in [-0.3, -0.25) is 4.79 Å². The van der Waals surface area contributed by atoms with Crippen LogP contribution in [0.1, 0.15) is 24.2 Å². The van der Waals surface area contributed by atoms with Crippen LogP contribution in [-0.4, -0.2) is 39.3 Å². The molecule has 1 rings (SSSR count). The van der Waals surface area contributed by atoms with Gasteiger partial charge in [0.25, 0.3) is 0 Å². The molecule has 0 aliphatic heterocycles. The molecule has 0 bridgehead atoms. The summed E-state index contributed by atoms with van der Waals surface area (Å²) in [6.07, 6.45) is 0. The summed E-state index contributed by atoms with van der Waals surface area (Å²) < 4.78 is 15.7. The molecule has 4 nitrogen and oxygen atoms in total. The highest BCUT2D eigenvalue weighted by Gasteiger charge is 2.06. The summed E-state index contributed by atoms with van der Waals surface area (Å²) in [6.45, 7) is 5.91. The topological polar surface area (TPSA) is 44.8 Å². The van der Waals surface area contributed by atoms with E-state index in [1.807, 2.05) is 0 Å². The zero-order valence-corrected chi connectivity index (χ0v) is 11.8. The van der Waals surface area contributed by atoms with Gasteiger partial charge in [-0.1, -0.05) is 26.0 Å². The van der Waals surface area contributed by atoms with E-state index >= 15 is 0 Å². The summed E-state index contributed by atoms with van der Waals surface area (Å²) in [5.41, 5.74) is 0.599. The van der Waals surface area contributed by atoms with Crippen LogP contribution in [0.3, 0.4) is 0 Å². The maximum Gasteiger partial charge on any atom is 0.188 e. The van der Waals surface area contributed by atoms with Crippen molar-refractivity contribution in [1.82, 2.24) is 0 Å². The van der Waals surface area contributed by atoms with Crippen LogP contribution < -0.4 is 4.74 Å². The lowest BCUT2D eigenvalue weighted by atomic mass is 10.1. The number of Topliss-reactive ketones (excluding diaryl/α,β-unsaturated/α-hetero) is 1. The molecule has 0 aromatic heterocycles. The van der Waals surface area contributed by atoms with Gasteiger partial charge in [0, 0.05) is 12.2 Å². The standard InChI is InChI=1S/C15H22O4/c1-12(2)10-18-7-8-19-11-15(16)13-5-4-6-14(9-13)17-3/h4-6,9,12H,7-8,10-11H2,1-3H3. The molecule has 0 radical (unpaired) electrons. The Hall–Kier alpha value is -1.39. The van der Waals surface area contributed by atoms with Crippen LogP contribution in [0.4, 0.5) is 0 Å². The molecule has 0 spiro atoms. The molecule has 0 saturated heterocycles. The Morgan fingerprint density at radius 1 is 1.21 bits per heavy atom. The minimum atomic E-state index is -0.0530. The molecule has 0 heterocycles. The Kier molecular flexibility index (Phi) is 7.15. The van der Waals surface area contributed by atoms with Crippen molar-refractivity contribution >= 4 is 5.78 Å². The second-order valence-corrected chi connectivity index (χ2v) is 4.68. The number of benzene rings is 1. The Morgan fingerprint density at radius 3 is 2.63 bits per heavy atom. The molecule has 106 valence electrons. The molecule has 0 amide bonds. The van der Waals surface area contributed by atoms with Crippen molar-refractivity contribution in [3.05, 3.63) is 29.8 Å². The molecule has 1 aromatic carbocycles. The van der Waals surface area contributed by atoms with Crippen molar-refractivity contribution < 1.29 is 19.0 Å². The molecule has 0 unspecified atom stereocenters. The van der Waals surface area contributed by atoms with Crippen LogP contribution in [0.15, 0.2) is 24.3 Å². The maximum atomic E-state index is 11.8. The van der Waals surface area contributed by atoms with Crippen LogP contribution in [0.5, 0.6) is 5.75 Å². The first-order valence-electron chi connectivity index (χ1n) is 6.46. The zero-order chi connectivity index (χ0) is 14.1. The van der Waals surface area contributed by atoms with Crippen LogP contribution in [0.2, 0.25) is 0 Å². The van der Waals surface area contributed by atoms with Crippen molar-refractivity contribution in [2.24, 2.45) is 5.92 Å². The highest BCUT2D eigenvalue weighted by molar-refractivity contribution is 5.97. The Bertz CT molecular complexity index is 387. The van der Waals surface area contributed by atoms with Crippen molar-refractivity contribution in [2.75, 3.05) is 33.5 Å². The van der Waals surface area contributed by atoms with Gasteiger partial charge in [-0.15, -0.1) is 0 Å². The van der Waals surface area contributed by atoms with Gasteiger partial charge in [-0.2, -0.15) is 0 Å². The normalized spacial score (nSPS) is 10.7.